The number of benzene rings is 3. The molecule has 0 bridgehead atoms. The highest BCUT2D eigenvalue weighted by molar-refractivity contribution is 5.85. The number of aryl methyl sites for hydroxylation is 1. The van der Waals surface area contributed by atoms with Crippen molar-refractivity contribution in [2.45, 2.75) is 46.0 Å². The Morgan fingerprint density at radius 3 is 2.12 bits per heavy atom. The van der Waals surface area contributed by atoms with Crippen LogP contribution < -0.4 is 4.74 Å². The molecule has 0 N–H and O–H groups in total. The molecule has 0 fully saturated rings. The highest BCUT2D eigenvalue weighted by atomic mass is 19.1. The van der Waals surface area contributed by atoms with E-state index in [2.05, 4.69) is 43.3 Å². The zero-order valence-electron chi connectivity index (χ0n) is 18.9. The smallest absolute Gasteiger partial charge is 0.123 e. The van der Waals surface area contributed by atoms with Crippen LogP contribution in [0.1, 0.15) is 44.6 Å². The van der Waals surface area contributed by atoms with E-state index in [-0.39, 0.29) is 5.82 Å². The summed E-state index contributed by atoms with van der Waals surface area (Å²) < 4.78 is 19.4. The highest BCUT2D eigenvalue weighted by Crippen LogP contribution is 2.28. The molecule has 32 heavy (non-hydrogen) atoms. The molecule has 0 aliphatic rings. The van der Waals surface area contributed by atoms with Crippen molar-refractivity contribution in [3.63, 3.8) is 0 Å². The predicted octanol–water partition coefficient (Wildman–Crippen LogP) is 8.37. The number of rotatable bonds is 9. The number of aromatic nitrogens is 1. The number of unbranched alkanes of at least 4 members (excludes halogenated alkanes) is 4. The molecule has 0 atom stereocenters. The van der Waals surface area contributed by atoms with E-state index in [1.807, 2.05) is 25.1 Å². The van der Waals surface area contributed by atoms with Gasteiger partial charge in [-0.25, -0.2) is 9.37 Å². The summed E-state index contributed by atoms with van der Waals surface area (Å²) in [5, 5.41) is 0.855. The zero-order valence-corrected chi connectivity index (χ0v) is 18.9. The fourth-order valence-electron chi connectivity index (χ4n) is 3.99. The Labute approximate surface area is 190 Å². The van der Waals surface area contributed by atoms with Crippen LogP contribution in [0, 0.1) is 12.7 Å². The summed E-state index contributed by atoms with van der Waals surface area (Å²) in [6.07, 6.45) is 6.22. The van der Waals surface area contributed by atoms with E-state index in [1.54, 1.807) is 12.1 Å². The molecule has 4 aromatic rings. The van der Waals surface area contributed by atoms with Gasteiger partial charge < -0.3 is 4.74 Å². The minimum absolute atomic E-state index is 0.233. The molecule has 0 spiro atoms. The molecule has 0 aliphatic carbocycles. The monoisotopic (exact) mass is 427 g/mol. The van der Waals surface area contributed by atoms with E-state index >= 15 is 0 Å². The first-order chi connectivity index (χ1) is 15.6. The van der Waals surface area contributed by atoms with E-state index in [0.717, 1.165) is 57.6 Å². The van der Waals surface area contributed by atoms with Crippen LogP contribution in [-0.4, -0.2) is 11.6 Å². The van der Waals surface area contributed by atoms with Crippen molar-refractivity contribution in [2.24, 2.45) is 0 Å². The van der Waals surface area contributed by atoms with Crippen molar-refractivity contribution < 1.29 is 9.13 Å². The number of nitrogens with zero attached hydrogens (tertiary/aromatic N) is 1. The molecule has 0 amide bonds. The topological polar surface area (TPSA) is 22.1 Å². The molecular formula is C29H30FNO. The first-order valence-corrected chi connectivity index (χ1v) is 11.5. The van der Waals surface area contributed by atoms with Crippen LogP contribution in [0.15, 0.2) is 72.8 Å². The maximum absolute atomic E-state index is 13.6. The van der Waals surface area contributed by atoms with E-state index in [1.165, 1.54) is 31.7 Å². The molecule has 3 heteroatoms. The lowest BCUT2D eigenvalue weighted by Crippen LogP contribution is -1.97. The first-order valence-electron chi connectivity index (χ1n) is 11.5. The standard InChI is InChI=1S/C29H30FNO/c1-3-4-5-6-7-18-32-26-15-12-23(13-16-26)22-8-10-24(11-9-22)29-19-21(2)27-20-25(30)14-17-28(27)31-29/h8-17,19-20H,3-7,18H2,1-2H3. The summed E-state index contributed by atoms with van der Waals surface area (Å²) in [4.78, 5) is 4.73. The van der Waals surface area contributed by atoms with Crippen molar-refractivity contribution >= 4 is 10.9 Å². The molecule has 1 heterocycles. The van der Waals surface area contributed by atoms with Gasteiger partial charge in [-0.1, -0.05) is 69.0 Å². The third kappa shape index (κ3) is 5.34. The minimum Gasteiger partial charge on any atom is -0.494 e. The van der Waals surface area contributed by atoms with Crippen molar-refractivity contribution in [1.29, 1.82) is 0 Å². The maximum atomic E-state index is 13.6. The third-order valence-corrected chi connectivity index (χ3v) is 5.86. The molecular weight excluding hydrogens is 397 g/mol. The lowest BCUT2D eigenvalue weighted by molar-refractivity contribution is 0.304. The van der Waals surface area contributed by atoms with Gasteiger partial charge in [0, 0.05) is 10.9 Å². The Morgan fingerprint density at radius 2 is 1.41 bits per heavy atom. The van der Waals surface area contributed by atoms with Gasteiger partial charge in [-0.2, -0.15) is 0 Å². The van der Waals surface area contributed by atoms with Gasteiger partial charge in [0.25, 0.3) is 0 Å². The fraction of sp³-hybridized carbons (Fsp3) is 0.276. The molecule has 3 aromatic carbocycles. The Balaban J connectivity index is 1.42. The van der Waals surface area contributed by atoms with Gasteiger partial charge in [0.2, 0.25) is 0 Å². The first kappa shape index (κ1) is 22.0. The molecule has 0 radical (unpaired) electrons. The van der Waals surface area contributed by atoms with Crippen LogP contribution in [0.5, 0.6) is 5.75 Å². The second kappa shape index (κ2) is 10.4. The Bertz CT molecular complexity index is 1170. The van der Waals surface area contributed by atoms with Gasteiger partial charge in [-0.05, 0) is 66.4 Å². The lowest BCUT2D eigenvalue weighted by atomic mass is 10.0. The molecule has 0 aliphatic heterocycles. The number of hydrogen-bond acceptors (Lipinski definition) is 2. The zero-order chi connectivity index (χ0) is 22.3. The summed E-state index contributed by atoms with van der Waals surface area (Å²) in [5.74, 6) is 0.691. The molecule has 4 rings (SSSR count). The van der Waals surface area contributed by atoms with Gasteiger partial charge >= 0.3 is 0 Å². The number of fused-ring (bicyclic) bond motifs is 1. The largest absolute Gasteiger partial charge is 0.494 e. The van der Waals surface area contributed by atoms with Gasteiger partial charge in [0.05, 0.1) is 17.8 Å². The van der Waals surface area contributed by atoms with Crippen molar-refractivity contribution in [2.75, 3.05) is 6.61 Å². The van der Waals surface area contributed by atoms with Crippen molar-refractivity contribution in [3.05, 3.63) is 84.2 Å². The van der Waals surface area contributed by atoms with Crippen molar-refractivity contribution in [3.8, 4) is 28.1 Å². The number of ether oxygens (including phenoxy) is 1. The van der Waals surface area contributed by atoms with Crippen LogP contribution in [0.4, 0.5) is 4.39 Å². The molecule has 1 aromatic heterocycles. The average Bonchev–Trinajstić information content (AvgIpc) is 2.82. The van der Waals surface area contributed by atoms with E-state index < -0.39 is 0 Å². The van der Waals surface area contributed by atoms with Crippen LogP contribution in [0.3, 0.4) is 0 Å². The van der Waals surface area contributed by atoms with Crippen LogP contribution >= 0.6 is 0 Å². The molecule has 0 saturated carbocycles. The summed E-state index contributed by atoms with van der Waals surface area (Å²) in [5.41, 5.74) is 6.09. The second-order valence-electron chi connectivity index (χ2n) is 8.35. The number of pyridine rings is 1. The number of hydrogen-bond donors (Lipinski definition) is 0. The summed E-state index contributed by atoms with van der Waals surface area (Å²) in [7, 11) is 0. The Hall–Kier alpha value is -3.20. The quantitative estimate of drug-likeness (QED) is 0.250. The summed E-state index contributed by atoms with van der Waals surface area (Å²) in [6, 6.07) is 23.5. The van der Waals surface area contributed by atoms with Gasteiger partial charge in [-0.15, -0.1) is 0 Å². The van der Waals surface area contributed by atoms with Crippen molar-refractivity contribution in [1.82, 2.24) is 4.98 Å². The van der Waals surface area contributed by atoms with Crippen LogP contribution in [0.2, 0.25) is 0 Å². The Morgan fingerprint density at radius 1 is 0.750 bits per heavy atom. The molecule has 0 saturated heterocycles. The van der Waals surface area contributed by atoms with E-state index in [9.17, 15) is 4.39 Å². The van der Waals surface area contributed by atoms with Gasteiger partial charge in [0.1, 0.15) is 11.6 Å². The maximum Gasteiger partial charge on any atom is 0.123 e. The fourth-order valence-corrected chi connectivity index (χ4v) is 3.99. The van der Waals surface area contributed by atoms with Crippen LogP contribution in [0.25, 0.3) is 33.3 Å². The van der Waals surface area contributed by atoms with Gasteiger partial charge in [-0.3, -0.25) is 0 Å². The average molecular weight is 428 g/mol. The van der Waals surface area contributed by atoms with E-state index in [4.69, 9.17) is 9.72 Å². The summed E-state index contributed by atoms with van der Waals surface area (Å²) in [6.45, 7) is 5.01. The highest BCUT2D eigenvalue weighted by Gasteiger charge is 2.07. The predicted molar refractivity (Wildman–Crippen MR) is 132 cm³/mol. The lowest BCUT2D eigenvalue weighted by Gasteiger charge is -2.09. The second-order valence-corrected chi connectivity index (χ2v) is 8.35. The number of halogens is 1. The minimum atomic E-state index is -0.233. The summed E-state index contributed by atoms with van der Waals surface area (Å²) >= 11 is 0. The normalized spacial score (nSPS) is 11.1. The SMILES string of the molecule is CCCCCCCOc1ccc(-c2ccc(-c3cc(C)c4cc(F)ccc4n3)cc2)cc1. The molecule has 2 nitrogen and oxygen atoms in total. The Kier molecular flexibility index (Phi) is 7.16. The molecule has 164 valence electrons. The van der Waals surface area contributed by atoms with Crippen LogP contribution in [-0.2, 0) is 0 Å². The molecule has 0 unspecified atom stereocenters. The van der Waals surface area contributed by atoms with Gasteiger partial charge in [0.15, 0.2) is 0 Å². The third-order valence-electron chi connectivity index (χ3n) is 5.86. The van der Waals surface area contributed by atoms with E-state index in [0.29, 0.717) is 0 Å².